The van der Waals surface area contributed by atoms with Crippen molar-refractivity contribution in [3.05, 3.63) is 0 Å². The summed E-state index contributed by atoms with van der Waals surface area (Å²) in [4.78, 5) is 9.87. The Kier molecular flexibility index (Phi) is 12.8. The fourth-order valence-electron chi connectivity index (χ4n) is 3.89. The van der Waals surface area contributed by atoms with Crippen molar-refractivity contribution in [3.8, 4) is 0 Å². The van der Waals surface area contributed by atoms with Gasteiger partial charge in [-0.25, -0.2) is 0 Å². The van der Waals surface area contributed by atoms with Gasteiger partial charge in [0.25, 0.3) is 0 Å². The third-order valence-electron chi connectivity index (χ3n) is 5.33. The van der Waals surface area contributed by atoms with Crippen molar-refractivity contribution in [1.29, 1.82) is 0 Å². The van der Waals surface area contributed by atoms with Crippen molar-refractivity contribution >= 4 is 29.9 Å². The predicted molar refractivity (Wildman–Crippen MR) is 121 cm³/mol. The average molecular weight is 481 g/mol. The topological polar surface area (TPSA) is 52.1 Å². The van der Waals surface area contributed by atoms with Crippen LogP contribution in [-0.4, -0.2) is 88.4 Å². The molecule has 2 aliphatic rings. The molecule has 2 N–H and O–H groups in total. The Morgan fingerprint density at radius 2 is 1.96 bits per heavy atom. The van der Waals surface area contributed by atoms with Crippen LogP contribution in [-0.2, 0) is 4.74 Å². The van der Waals surface area contributed by atoms with Gasteiger partial charge in [-0.05, 0) is 58.5 Å². The summed E-state index contributed by atoms with van der Waals surface area (Å²) in [6.45, 7) is 10.8. The van der Waals surface area contributed by atoms with Gasteiger partial charge in [-0.3, -0.25) is 4.99 Å². The number of guanidine groups is 1. The van der Waals surface area contributed by atoms with Gasteiger partial charge in [0, 0.05) is 59.0 Å². The van der Waals surface area contributed by atoms with Crippen LogP contribution >= 0.6 is 24.0 Å². The average Bonchev–Trinajstić information content (AvgIpc) is 2.62. The maximum absolute atomic E-state index is 5.15. The highest BCUT2D eigenvalue weighted by Crippen LogP contribution is 2.15. The molecule has 2 heterocycles. The molecule has 6 nitrogen and oxygen atoms in total. The molecule has 1 unspecified atom stereocenters. The van der Waals surface area contributed by atoms with Crippen molar-refractivity contribution < 1.29 is 4.74 Å². The zero-order valence-corrected chi connectivity index (χ0v) is 19.3. The second-order valence-corrected chi connectivity index (χ2v) is 7.60. The molecule has 0 spiro atoms. The van der Waals surface area contributed by atoms with E-state index in [9.17, 15) is 0 Å². The first kappa shape index (κ1) is 23.9. The normalized spacial score (nSPS) is 23.5. The van der Waals surface area contributed by atoms with Crippen molar-refractivity contribution in [3.63, 3.8) is 0 Å². The Bertz CT molecular complexity index is 388. The number of halogens is 1. The van der Waals surface area contributed by atoms with Gasteiger partial charge in [0.15, 0.2) is 5.96 Å². The van der Waals surface area contributed by atoms with Crippen LogP contribution in [0.3, 0.4) is 0 Å². The molecule has 154 valence electrons. The third kappa shape index (κ3) is 9.19. The Labute approximate surface area is 177 Å². The number of methoxy groups -OCH3 is 1. The Balaban J connectivity index is 0.00000338. The van der Waals surface area contributed by atoms with Crippen LogP contribution in [0.4, 0.5) is 0 Å². The third-order valence-corrected chi connectivity index (χ3v) is 5.33. The summed E-state index contributed by atoms with van der Waals surface area (Å²) in [6, 6.07) is 0.547. The number of nitrogens with one attached hydrogen (secondary N) is 2. The summed E-state index contributed by atoms with van der Waals surface area (Å²) in [7, 11) is 4.00. The largest absolute Gasteiger partial charge is 0.385 e. The summed E-state index contributed by atoms with van der Waals surface area (Å²) in [6.07, 6.45) is 6.15. The molecule has 0 amide bonds. The number of hydrogen-bond donors (Lipinski definition) is 2. The highest BCUT2D eigenvalue weighted by atomic mass is 127. The minimum atomic E-state index is 0. The molecule has 0 radical (unpaired) electrons. The summed E-state index contributed by atoms with van der Waals surface area (Å²) in [5, 5.41) is 7.10. The molecule has 2 aliphatic heterocycles. The van der Waals surface area contributed by atoms with Gasteiger partial charge >= 0.3 is 0 Å². The number of rotatable bonds is 8. The molecule has 1 atom stereocenters. The highest BCUT2D eigenvalue weighted by molar-refractivity contribution is 14.0. The lowest BCUT2D eigenvalue weighted by molar-refractivity contribution is 0.155. The summed E-state index contributed by atoms with van der Waals surface area (Å²) < 4.78 is 5.15. The van der Waals surface area contributed by atoms with Crippen molar-refractivity contribution in [2.24, 2.45) is 10.9 Å². The lowest BCUT2D eigenvalue weighted by Gasteiger charge is -2.33. The molecule has 0 aromatic heterocycles. The first-order valence-electron chi connectivity index (χ1n) is 10.2. The van der Waals surface area contributed by atoms with Gasteiger partial charge in [-0.15, -0.1) is 24.0 Å². The van der Waals surface area contributed by atoms with Gasteiger partial charge in [-0.2, -0.15) is 0 Å². The monoisotopic (exact) mass is 481 g/mol. The molecule has 0 saturated carbocycles. The van der Waals surface area contributed by atoms with Crippen LogP contribution in [0.25, 0.3) is 0 Å². The number of likely N-dealkylation sites (tertiary alicyclic amines) is 2. The van der Waals surface area contributed by atoms with Crippen LogP contribution in [0.15, 0.2) is 4.99 Å². The standard InChI is InChI=1S/C19H39N5O.HI/c1-4-20-19(21-15-17-7-5-10-23(2)16-17)22-18-8-12-24(13-9-18)11-6-14-25-3;/h17-18H,4-16H2,1-3H3,(H2,20,21,22);1H. The van der Waals surface area contributed by atoms with E-state index in [0.29, 0.717) is 12.0 Å². The van der Waals surface area contributed by atoms with Crippen LogP contribution in [0.5, 0.6) is 0 Å². The summed E-state index contributed by atoms with van der Waals surface area (Å²) in [5.41, 5.74) is 0. The number of hydrogen-bond acceptors (Lipinski definition) is 4. The number of aliphatic imine (C=N–C) groups is 1. The van der Waals surface area contributed by atoms with Crippen molar-refractivity contribution in [1.82, 2.24) is 20.4 Å². The van der Waals surface area contributed by atoms with Crippen LogP contribution < -0.4 is 10.6 Å². The van der Waals surface area contributed by atoms with Crippen molar-refractivity contribution in [2.45, 2.75) is 45.1 Å². The van der Waals surface area contributed by atoms with E-state index in [2.05, 4.69) is 34.4 Å². The first-order valence-corrected chi connectivity index (χ1v) is 10.2. The molecule has 7 heteroatoms. The summed E-state index contributed by atoms with van der Waals surface area (Å²) >= 11 is 0. The van der Waals surface area contributed by atoms with E-state index in [1.165, 1.54) is 51.9 Å². The molecule has 0 aromatic rings. The van der Waals surface area contributed by atoms with E-state index < -0.39 is 0 Å². The van der Waals surface area contributed by atoms with E-state index in [-0.39, 0.29) is 24.0 Å². The fourth-order valence-corrected chi connectivity index (χ4v) is 3.89. The molecular weight excluding hydrogens is 441 g/mol. The van der Waals surface area contributed by atoms with E-state index in [4.69, 9.17) is 9.73 Å². The van der Waals surface area contributed by atoms with Gasteiger partial charge < -0.3 is 25.2 Å². The number of nitrogens with zero attached hydrogens (tertiary/aromatic N) is 3. The van der Waals surface area contributed by atoms with Gasteiger partial charge in [0.1, 0.15) is 0 Å². The van der Waals surface area contributed by atoms with Gasteiger partial charge in [-0.1, -0.05) is 0 Å². The Morgan fingerprint density at radius 1 is 1.19 bits per heavy atom. The predicted octanol–water partition coefficient (Wildman–Crippen LogP) is 2.00. The molecule has 0 bridgehead atoms. The van der Waals surface area contributed by atoms with Gasteiger partial charge in [0.05, 0.1) is 0 Å². The summed E-state index contributed by atoms with van der Waals surface area (Å²) in [5.74, 6) is 1.71. The second-order valence-electron chi connectivity index (χ2n) is 7.60. The lowest BCUT2D eigenvalue weighted by Crippen LogP contribution is -2.49. The molecule has 0 aliphatic carbocycles. The first-order chi connectivity index (χ1) is 12.2. The maximum Gasteiger partial charge on any atom is 0.191 e. The lowest BCUT2D eigenvalue weighted by atomic mass is 9.99. The number of ether oxygens (including phenoxy) is 1. The van der Waals surface area contributed by atoms with Crippen LogP contribution in [0.2, 0.25) is 0 Å². The molecule has 2 saturated heterocycles. The van der Waals surface area contributed by atoms with Gasteiger partial charge in [0.2, 0.25) is 0 Å². The van der Waals surface area contributed by atoms with Crippen molar-refractivity contribution in [2.75, 3.05) is 66.6 Å². The smallest absolute Gasteiger partial charge is 0.191 e. The Hall–Kier alpha value is -0.120. The van der Waals surface area contributed by atoms with E-state index in [1.807, 2.05) is 0 Å². The SMILES string of the molecule is CCNC(=NCC1CCCN(C)C1)NC1CCN(CCCOC)CC1.I. The fraction of sp³-hybridized carbons (Fsp3) is 0.947. The second kappa shape index (κ2) is 14.0. The maximum atomic E-state index is 5.15. The minimum absolute atomic E-state index is 0. The molecule has 2 rings (SSSR count). The highest BCUT2D eigenvalue weighted by Gasteiger charge is 2.20. The van der Waals surface area contributed by atoms with Crippen LogP contribution in [0.1, 0.15) is 39.0 Å². The quantitative estimate of drug-likeness (QED) is 0.241. The Morgan fingerprint density at radius 3 is 2.62 bits per heavy atom. The zero-order valence-electron chi connectivity index (χ0n) is 17.0. The molecular formula is C19H40IN5O. The van der Waals surface area contributed by atoms with E-state index >= 15 is 0 Å². The van der Waals surface area contributed by atoms with E-state index in [0.717, 1.165) is 38.6 Å². The minimum Gasteiger partial charge on any atom is -0.385 e. The molecule has 26 heavy (non-hydrogen) atoms. The van der Waals surface area contributed by atoms with Crippen LogP contribution in [0, 0.1) is 5.92 Å². The molecule has 2 fully saturated rings. The number of piperidine rings is 2. The molecule has 0 aromatic carbocycles. The zero-order chi connectivity index (χ0) is 17.9. The van der Waals surface area contributed by atoms with E-state index in [1.54, 1.807) is 7.11 Å².